The van der Waals surface area contributed by atoms with E-state index in [9.17, 15) is 0 Å². The monoisotopic (exact) mass is 478 g/mol. The molecule has 0 radical (unpaired) electrons. The molecule has 1 aliphatic heterocycles. The summed E-state index contributed by atoms with van der Waals surface area (Å²) in [5.74, 6) is 1.51. The van der Waals surface area contributed by atoms with Gasteiger partial charge in [-0.15, -0.1) is 11.3 Å². The van der Waals surface area contributed by atoms with Crippen LogP contribution < -0.4 is 0 Å². The molecule has 4 aromatic rings. The number of H-pyrrole nitrogens is 1. The number of nitrogens with one attached hydrogen (secondary N) is 1. The number of aromatic nitrogens is 3. The molecule has 30 heavy (non-hydrogen) atoms. The molecular formula is C24H23BrN4S. The Morgan fingerprint density at radius 1 is 1.03 bits per heavy atom. The van der Waals surface area contributed by atoms with Crippen molar-refractivity contribution in [2.24, 2.45) is 0 Å². The van der Waals surface area contributed by atoms with Gasteiger partial charge in [0.25, 0.3) is 0 Å². The summed E-state index contributed by atoms with van der Waals surface area (Å²) in [6.07, 6.45) is 4.29. The molecule has 2 aromatic carbocycles. The van der Waals surface area contributed by atoms with Gasteiger partial charge in [-0.2, -0.15) is 0 Å². The molecule has 3 heterocycles. The van der Waals surface area contributed by atoms with Gasteiger partial charge in [-0.25, -0.2) is 9.97 Å². The van der Waals surface area contributed by atoms with Crippen molar-refractivity contribution < 1.29 is 0 Å². The minimum atomic E-state index is 0.564. The molecule has 0 amide bonds. The molecule has 0 spiro atoms. The van der Waals surface area contributed by atoms with E-state index >= 15 is 0 Å². The molecule has 1 aliphatic rings. The van der Waals surface area contributed by atoms with Gasteiger partial charge in [0.05, 0.1) is 10.7 Å². The van der Waals surface area contributed by atoms with Crippen molar-refractivity contribution in [3.05, 3.63) is 81.3 Å². The number of likely N-dealkylation sites (tertiary alicyclic amines) is 1. The average Bonchev–Trinajstić information content (AvgIpc) is 3.45. The average molecular weight is 479 g/mol. The van der Waals surface area contributed by atoms with E-state index in [1.807, 2.05) is 24.4 Å². The van der Waals surface area contributed by atoms with Gasteiger partial charge in [0.2, 0.25) is 0 Å². The Balaban J connectivity index is 1.19. The zero-order valence-electron chi connectivity index (χ0n) is 16.6. The smallest absolute Gasteiger partial charge is 0.137 e. The number of imidazole rings is 1. The highest BCUT2D eigenvalue weighted by molar-refractivity contribution is 9.10. The van der Waals surface area contributed by atoms with Crippen LogP contribution in [0, 0.1) is 0 Å². The number of hydrogen-bond acceptors (Lipinski definition) is 4. The van der Waals surface area contributed by atoms with E-state index in [0.717, 1.165) is 54.0 Å². The molecule has 1 N–H and O–H groups in total. The summed E-state index contributed by atoms with van der Waals surface area (Å²) in [5, 5.41) is 3.47. The van der Waals surface area contributed by atoms with Gasteiger partial charge >= 0.3 is 0 Å². The molecule has 2 aromatic heterocycles. The van der Waals surface area contributed by atoms with E-state index in [2.05, 4.69) is 72.6 Å². The van der Waals surface area contributed by atoms with Crippen LogP contribution in [0.25, 0.3) is 22.6 Å². The van der Waals surface area contributed by atoms with E-state index in [-0.39, 0.29) is 0 Å². The first-order chi connectivity index (χ1) is 14.7. The largest absolute Gasteiger partial charge is 0.341 e. The van der Waals surface area contributed by atoms with Crippen molar-refractivity contribution in [3.63, 3.8) is 0 Å². The predicted octanol–water partition coefficient (Wildman–Crippen LogP) is 6.34. The summed E-state index contributed by atoms with van der Waals surface area (Å²) in [7, 11) is 0. The first kappa shape index (κ1) is 19.7. The number of thiazole rings is 1. The lowest BCUT2D eigenvalue weighted by molar-refractivity contribution is 0.202. The second-order valence-corrected chi connectivity index (χ2v) is 9.56. The number of nitrogens with zero attached hydrogens (tertiary/aromatic N) is 3. The number of hydrogen-bond donors (Lipinski definition) is 1. The van der Waals surface area contributed by atoms with Gasteiger partial charge in [0, 0.05) is 45.3 Å². The Hall–Kier alpha value is -2.28. The lowest BCUT2D eigenvalue weighted by Gasteiger charge is -2.30. The molecule has 1 fully saturated rings. The predicted molar refractivity (Wildman–Crippen MR) is 127 cm³/mol. The van der Waals surface area contributed by atoms with Crippen molar-refractivity contribution >= 4 is 27.3 Å². The minimum Gasteiger partial charge on any atom is -0.341 e. The first-order valence-corrected chi connectivity index (χ1v) is 11.9. The number of benzene rings is 2. The second-order valence-electron chi connectivity index (χ2n) is 7.75. The third-order valence-corrected chi connectivity index (χ3v) is 7.15. The third-order valence-electron chi connectivity index (χ3n) is 5.65. The number of rotatable bonds is 5. The van der Waals surface area contributed by atoms with Gasteiger partial charge < -0.3 is 4.98 Å². The topological polar surface area (TPSA) is 44.8 Å². The fourth-order valence-corrected chi connectivity index (χ4v) is 5.42. The molecule has 0 atom stereocenters. The van der Waals surface area contributed by atoms with Crippen LogP contribution in [0.1, 0.15) is 29.5 Å². The van der Waals surface area contributed by atoms with Crippen LogP contribution >= 0.6 is 27.3 Å². The number of piperidine rings is 1. The molecule has 0 saturated carbocycles. The molecule has 1 saturated heterocycles. The van der Waals surface area contributed by atoms with Crippen LogP contribution in [-0.4, -0.2) is 32.9 Å². The molecule has 5 rings (SSSR count). The van der Waals surface area contributed by atoms with Gasteiger partial charge in [-0.1, -0.05) is 58.4 Å². The Labute approximate surface area is 189 Å². The summed E-state index contributed by atoms with van der Waals surface area (Å²) >= 11 is 5.36. The van der Waals surface area contributed by atoms with Gasteiger partial charge in [0.15, 0.2) is 0 Å². The van der Waals surface area contributed by atoms with Crippen molar-refractivity contribution in [3.8, 4) is 22.6 Å². The lowest BCUT2D eigenvalue weighted by Crippen LogP contribution is -2.32. The standard InChI is InChI=1S/C24H23BrN4S/c25-20-8-4-7-19(13-20)22-16-30-24(28-22)18-9-11-29(12-10-18)15-21-14-26-23(27-21)17-5-2-1-3-6-17/h1-8,13-14,16,18H,9-12,15H2,(H,26,27). The van der Waals surface area contributed by atoms with Crippen LogP contribution in [0.3, 0.4) is 0 Å². The van der Waals surface area contributed by atoms with Gasteiger partial charge in [-0.3, -0.25) is 4.90 Å². The zero-order valence-corrected chi connectivity index (χ0v) is 19.0. The van der Waals surface area contributed by atoms with E-state index in [4.69, 9.17) is 4.98 Å². The lowest BCUT2D eigenvalue weighted by atomic mass is 9.97. The minimum absolute atomic E-state index is 0.564. The van der Waals surface area contributed by atoms with Crippen molar-refractivity contribution in [1.29, 1.82) is 0 Å². The quantitative estimate of drug-likeness (QED) is 0.363. The van der Waals surface area contributed by atoms with Crippen molar-refractivity contribution in [1.82, 2.24) is 19.9 Å². The summed E-state index contributed by atoms with van der Waals surface area (Å²) in [6.45, 7) is 3.11. The Bertz CT molecular complexity index is 1110. The van der Waals surface area contributed by atoms with Crippen molar-refractivity contribution in [2.45, 2.75) is 25.3 Å². The van der Waals surface area contributed by atoms with E-state index in [1.54, 1.807) is 11.3 Å². The van der Waals surface area contributed by atoms with Gasteiger partial charge in [-0.05, 0) is 38.1 Å². The summed E-state index contributed by atoms with van der Waals surface area (Å²) in [4.78, 5) is 15.5. The third kappa shape index (κ3) is 4.41. The normalized spacial score (nSPS) is 15.5. The highest BCUT2D eigenvalue weighted by Gasteiger charge is 2.23. The Morgan fingerprint density at radius 3 is 2.63 bits per heavy atom. The highest BCUT2D eigenvalue weighted by Crippen LogP contribution is 2.33. The van der Waals surface area contributed by atoms with Gasteiger partial charge in [0.1, 0.15) is 5.82 Å². The summed E-state index contributed by atoms with van der Waals surface area (Å²) < 4.78 is 1.09. The van der Waals surface area contributed by atoms with E-state index in [1.165, 1.54) is 16.3 Å². The van der Waals surface area contributed by atoms with Crippen LogP contribution in [-0.2, 0) is 6.54 Å². The van der Waals surface area contributed by atoms with Crippen LogP contribution in [0.4, 0.5) is 0 Å². The fourth-order valence-electron chi connectivity index (χ4n) is 4.02. The molecule has 6 heteroatoms. The maximum Gasteiger partial charge on any atom is 0.137 e. The van der Waals surface area contributed by atoms with Crippen LogP contribution in [0.5, 0.6) is 0 Å². The maximum absolute atomic E-state index is 4.95. The molecular weight excluding hydrogens is 456 g/mol. The van der Waals surface area contributed by atoms with Crippen LogP contribution in [0.2, 0.25) is 0 Å². The molecule has 152 valence electrons. The fraction of sp³-hybridized carbons (Fsp3) is 0.250. The summed E-state index contributed by atoms with van der Waals surface area (Å²) in [6, 6.07) is 18.7. The number of aromatic amines is 1. The van der Waals surface area contributed by atoms with Crippen molar-refractivity contribution in [2.75, 3.05) is 13.1 Å². The summed E-state index contributed by atoms with van der Waals surface area (Å²) in [5.41, 5.74) is 4.58. The second kappa shape index (κ2) is 8.84. The first-order valence-electron chi connectivity index (χ1n) is 10.3. The Kier molecular flexibility index (Phi) is 5.79. The van der Waals surface area contributed by atoms with E-state index in [0.29, 0.717) is 5.92 Å². The molecule has 0 unspecified atom stereocenters. The van der Waals surface area contributed by atoms with E-state index < -0.39 is 0 Å². The Morgan fingerprint density at radius 2 is 1.83 bits per heavy atom. The SMILES string of the molecule is Brc1cccc(-c2csc(C3CCN(Cc4cnc(-c5ccccc5)[nH]4)CC3)n2)c1. The number of halogens is 1. The maximum atomic E-state index is 4.95. The molecule has 4 nitrogen and oxygen atoms in total. The highest BCUT2D eigenvalue weighted by atomic mass is 79.9. The van der Waals surface area contributed by atoms with Crippen LogP contribution in [0.15, 0.2) is 70.6 Å². The molecule has 0 aliphatic carbocycles. The zero-order chi connectivity index (χ0) is 20.3. The molecule has 0 bridgehead atoms.